The van der Waals surface area contributed by atoms with Crippen LogP contribution in [0.1, 0.15) is 82.2 Å². The average Bonchev–Trinajstić information content (AvgIpc) is 3.52. The van der Waals surface area contributed by atoms with Gasteiger partial charge >= 0.3 is 6.85 Å². The predicted octanol–water partition coefficient (Wildman–Crippen LogP) is 11.6. The molecule has 0 atom stereocenters. The predicted molar refractivity (Wildman–Crippen MR) is 220 cm³/mol. The first-order valence-corrected chi connectivity index (χ1v) is 19.0. The van der Waals surface area contributed by atoms with Crippen LogP contribution < -0.4 is 20.8 Å². The molecule has 0 fully saturated rings. The van der Waals surface area contributed by atoms with Crippen molar-refractivity contribution in [3.63, 3.8) is 0 Å². The lowest BCUT2D eigenvalue weighted by molar-refractivity contribution is 0.332. The number of anilines is 5. The number of rotatable bonds is 1. The van der Waals surface area contributed by atoms with Gasteiger partial charge in [0.15, 0.2) is 0 Å². The highest BCUT2D eigenvalue weighted by atomic mass is 16.3. The van der Waals surface area contributed by atoms with Crippen LogP contribution in [0.15, 0.2) is 114 Å². The summed E-state index contributed by atoms with van der Waals surface area (Å²) >= 11 is 0. The Hall–Kier alpha value is -5.22. The smallest absolute Gasteiger partial charge is 0.375 e. The number of furan rings is 1. The van der Waals surface area contributed by atoms with Gasteiger partial charge in [-0.25, -0.2) is 0 Å². The maximum absolute atomic E-state index is 7.22. The van der Waals surface area contributed by atoms with Crippen LogP contribution in [-0.4, -0.2) is 6.85 Å². The van der Waals surface area contributed by atoms with Gasteiger partial charge in [0.2, 0.25) is 0 Å². The fraction of sp³-hybridized carbons (Fsp3) is 0.250. The number of benzene rings is 6. The van der Waals surface area contributed by atoms with Gasteiger partial charge in [-0.1, -0.05) is 120 Å². The molecule has 0 saturated heterocycles. The van der Waals surface area contributed by atoms with Crippen molar-refractivity contribution in [1.82, 2.24) is 0 Å². The van der Waals surface area contributed by atoms with E-state index < -0.39 is 0 Å². The molecule has 7 aromatic rings. The van der Waals surface area contributed by atoms with Crippen molar-refractivity contribution >= 4 is 68.1 Å². The summed E-state index contributed by atoms with van der Waals surface area (Å²) in [6, 6.07) is 41.3. The Morgan fingerprint density at radius 1 is 0.596 bits per heavy atom. The zero-order valence-corrected chi connectivity index (χ0v) is 31.2. The van der Waals surface area contributed by atoms with E-state index in [0.29, 0.717) is 0 Å². The first-order chi connectivity index (χ1) is 25.0. The Morgan fingerprint density at radius 2 is 1.27 bits per heavy atom. The number of fused-ring (bicyclic) bond motifs is 11. The van der Waals surface area contributed by atoms with Crippen LogP contribution >= 0.6 is 0 Å². The highest BCUT2D eigenvalue weighted by molar-refractivity contribution is 6.93. The summed E-state index contributed by atoms with van der Waals surface area (Å²) in [7, 11) is 0. The van der Waals surface area contributed by atoms with Crippen molar-refractivity contribution in [1.29, 1.82) is 0 Å². The molecule has 3 aliphatic heterocycles. The number of hydrogen-bond acceptors (Lipinski definition) is 3. The second-order valence-corrected chi connectivity index (χ2v) is 17.6. The molecule has 254 valence electrons. The van der Waals surface area contributed by atoms with Crippen LogP contribution in [0, 0.1) is 6.92 Å². The molecule has 11 rings (SSSR count). The second kappa shape index (κ2) is 9.80. The minimum Gasteiger partial charge on any atom is -0.466 e. The van der Waals surface area contributed by atoms with Gasteiger partial charge in [0.1, 0.15) is 11.2 Å². The summed E-state index contributed by atoms with van der Waals surface area (Å²) in [6.45, 7) is 16.7. The number of para-hydroxylation sites is 3. The summed E-state index contributed by atoms with van der Waals surface area (Å²) in [5.74, 6) is 0. The molecule has 1 aromatic heterocycles. The third kappa shape index (κ3) is 3.68. The Morgan fingerprint density at radius 3 is 2.08 bits per heavy atom. The maximum atomic E-state index is 7.22. The summed E-state index contributed by atoms with van der Waals surface area (Å²) in [5.41, 5.74) is 19.1. The molecule has 0 spiro atoms. The van der Waals surface area contributed by atoms with Crippen LogP contribution in [-0.2, 0) is 16.2 Å². The molecule has 1 aliphatic carbocycles. The summed E-state index contributed by atoms with van der Waals surface area (Å²) in [6.07, 6.45) is 2.37. The summed E-state index contributed by atoms with van der Waals surface area (Å²) in [4.78, 5) is 5.22. The number of aryl methyl sites for hydroxylation is 1. The molecule has 4 heteroatoms. The van der Waals surface area contributed by atoms with E-state index in [1.165, 1.54) is 90.8 Å². The molecular formula is C48H43BN2O. The molecule has 4 heterocycles. The molecule has 0 unspecified atom stereocenters. The zero-order chi connectivity index (χ0) is 35.5. The van der Waals surface area contributed by atoms with Crippen molar-refractivity contribution < 1.29 is 4.42 Å². The van der Waals surface area contributed by atoms with Crippen LogP contribution in [0.4, 0.5) is 28.4 Å². The van der Waals surface area contributed by atoms with Gasteiger partial charge in [-0.2, -0.15) is 0 Å². The summed E-state index contributed by atoms with van der Waals surface area (Å²) < 4.78 is 7.22. The van der Waals surface area contributed by atoms with E-state index in [0.717, 1.165) is 22.3 Å². The van der Waals surface area contributed by atoms with E-state index in [-0.39, 0.29) is 23.1 Å². The fourth-order valence-electron chi connectivity index (χ4n) is 10.5. The normalized spacial score (nSPS) is 18.1. The van der Waals surface area contributed by atoms with Gasteiger partial charge in [0.25, 0.3) is 0 Å². The van der Waals surface area contributed by atoms with Crippen LogP contribution in [0.5, 0.6) is 0 Å². The third-order valence-electron chi connectivity index (χ3n) is 13.4. The monoisotopic (exact) mass is 674 g/mol. The molecular weight excluding hydrogens is 631 g/mol. The van der Waals surface area contributed by atoms with E-state index in [9.17, 15) is 0 Å². The largest absolute Gasteiger partial charge is 0.466 e. The van der Waals surface area contributed by atoms with Crippen molar-refractivity contribution in [3.05, 3.63) is 137 Å². The van der Waals surface area contributed by atoms with E-state index in [1.54, 1.807) is 0 Å². The topological polar surface area (TPSA) is 19.6 Å². The first-order valence-electron chi connectivity index (χ1n) is 19.0. The molecule has 6 aromatic carbocycles. The van der Waals surface area contributed by atoms with Crippen LogP contribution in [0.3, 0.4) is 0 Å². The van der Waals surface area contributed by atoms with E-state index in [1.807, 2.05) is 0 Å². The van der Waals surface area contributed by atoms with E-state index >= 15 is 0 Å². The van der Waals surface area contributed by atoms with Crippen molar-refractivity contribution in [2.24, 2.45) is 0 Å². The average molecular weight is 675 g/mol. The Bertz CT molecular complexity index is 2710. The van der Waals surface area contributed by atoms with Crippen molar-refractivity contribution in [3.8, 4) is 11.1 Å². The maximum Gasteiger partial charge on any atom is 0.375 e. The molecule has 0 radical (unpaired) electrons. The van der Waals surface area contributed by atoms with E-state index in [4.69, 9.17) is 4.42 Å². The highest BCUT2D eigenvalue weighted by Crippen LogP contribution is 2.58. The van der Waals surface area contributed by atoms with Gasteiger partial charge < -0.3 is 14.1 Å². The van der Waals surface area contributed by atoms with Gasteiger partial charge in [-0.05, 0) is 111 Å². The SMILES string of the molecule is Cc1cc2c(cc1N1c3cc4ccccc4c4c3B(c3oc5ccccc5c31)N1c3ccccc3C(C)(C)c3cccc-4c31)C(C)(C)CCC2(C)C. The summed E-state index contributed by atoms with van der Waals surface area (Å²) in [5, 5.41) is 3.70. The molecule has 0 saturated carbocycles. The Kier molecular flexibility index (Phi) is 5.73. The van der Waals surface area contributed by atoms with Gasteiger partial charge in [-0.15, -0.1) is 0 Å². The third-order valence-corrected chi connectivity index (χ3v) is 13.4. The van der Waals surface area contributed by atoms with Crippen molar-refractivity contribution in [2.45, 2.75) is 77.6 Å². The lowest BCUT2D eigenvalue weighted by Crippen LogP contribution is -2.62. The standard InChI is InChI=1S/C48H43BN2O/c1-28-25-35-36(47(4,5)24-23-46(35,2)3)27-38(28)50-39-26-29-15-8-9-16-30(29)41-32-18-14-20-34-43(32)51(37-21-12-11-19-33(37)48(34,6)7)49(42(39)41)45-44(50)31-17-10-13-22-40(31)52-45/h8-22,25-27H,23-24H2,1-7H3. The molecule has 52 heavy (non-hydrogen) atoms. The Labute approximate surface area is 307 Å². The highest BCUT2D eigenvalue weighted by Gasteiger charge is 2.53. The van der Waals surface area contributed by atoms with Gasteiger partial charge in [0.05, 0.1) is 5.69 Å². The fourth-order valence-corrected chi connectivity index (χ4v) is 10.5. The number of hydrogen-bond donors (Lipinski definition) is 0. The molecule has 4 aliphatic rings. The zero-order valence-electron chi connectivity index (χ0n) is 31.2. The van der Waals surface area contributed by atoms with Crippen LogP contribution in [0.25, 0.3) is 32.9 Å². The molecule has 0 N–H and O–H groups in total. The lowest BCUT2D eigenvalue weighted by atomic mass is 9.44. The molecule has 3 nitrogen and oxygen atoms in total. The van der Waals surface area contributed by atoms with Gasteiger partial charge in [0, 0.05) is 39.1 Å². The van der Waals surface area contributed by atoms with Crippen LogP contribution in [0.2, 0.25) is 0 Å². The molecule has 0 bridgehead atoms. The minimum atomic E-state index is -0.165. The second-order valence-electron chi connectivity index (χ2n) is 17.6. The van der Waals surface area contributed by atoms with E-state index in [2.05, 4.69) is 167 Å². The quantitative estimate of drug-likeness (QED) is 0.162. The first kappa shape index (κ1) is 30.4. The number of nitrogens with zero attached hydrogens (tertiary/aromatic N) is 2. The minimum absolute atomic E-state index is 0.0788. The molecule has 0 amide bonds. The lowest BCUT2D eigenvalue weighted by Gasteiger charge is -2.50. The Balaban J connectivity index is 1.32. The van der Waals surface area contributed by atoms with Crippen molar-refractivity contribution in [2.75, 3.05) is 9.71 Å². The van der Waals surface area contributed by atoms with Gasteiger partial charge in [-0.3, -0.25) is 0 Å².